The number of carbonyl (C=O) groups is 1. The van der Waals surface area contributed by atoms with Crippen LogP contribution in [0.25, 0.3) is 0 Å². The van der Waals surface area contributed by atoms with Gasteiger partial charge in [-0.2, -0.15) is 0 Å². The summed E-state index contributed by atoms with van der Waals surface area (Å²) in [5.41, 5.74) is 1.03. The molecule has 12 heavy (non-hydrogen) atoms. The highest BCUT2D eigenvalue weighted by Gasteiger charge is 2.19. The fourth-order valence-corrected chi connectivity index (χ4v) is 2.23. The molecule has 0 fully saturated rings. The van der Waals surface area contributed by atoms with Gasteiger partial charge in [0.05, 0.1) is 11.4 Å². The molecule has 1 aliphatic rings. The maximum absolute atomic E-state index is 11.3. The molecule has 1 aromatic rings. The molecule has 0 unspecified atom stereocenters. The molecule has 0 atom stereocenters. The number of hydrogen-bond acceptors (Lipinski definition) is 2. The van der Waals surface area contributed by atoms with Gasteiger partial charge in [-0.25, -0.2) is 0 Å². The lowest BCUT2D eigenvalue weighted by Crippen LogP contribution is -2.31. The Hall–Kier alpha value is -0.960. The zero-order valence-corrected chi connectivity index (χ0v) is 7.60. The zero-order valence-electron chi connectivity index (χ0n) is 6.78. The van der Waals surface area contributed by atoms with Crippen LogP contribution in [0.4, 0.5) is 5.69 Å². The zero-order chi connectivity index (χ0) is 8.55. The lowest BCUT2D eigenvalue weighted by molar-refractivity contribution is -0.116. The summed E-state index contributed by atoms with van der Waals surface area (Å²) in [7, 11) is 1.82. The van der Waals surface area contributed by atoms with E-state index >= 15 is 0 Å². The number of thioether (sulfide) groups is 1. The highest BCUT2D eigenvalue weighted by molar-refractivity contribution is 8.00. The fourth-order valence-electron chi connectivity index (χ4n) is 1.23. The third-order valence-corrected chi connectivity index (χ3v) is 3.00. The van der Waals surface area contributed by atoms with E-state index in [0.717, 1.165) is 5.69 Å². The Bertz CT molecular complexity index is 324. The maximum Gasteiger partial charge on any atom is 0.237 e. The van der Waals surface area contributed by atoms with Gasteiger partial charge in [0, 0.05) is 11.9 Å². The molecular formula is C9H9NOS. The Morgan fingerprint density at radius 2 is 2.17 bits per heavy atom. The second-order valence-corrected chi connectivity index (χ2v) is 3.73. The summed E-state index contributed by atoms with van der Waals surface area (Å²) in [5.74, 6) is 0.742. The van der Waals surface area contributed by atoms with Crippen molar-refractivity contribution < 1.29 is 4.79 Å². The van der Waals surface area contributed by atoms with Gasteiger partial charge in [-0.3, -0.25) is 4.79 Å². The largest absolute Gasteiger partial charge is 0.314 e. The summed E-state index contributed by atoms with van der Waals surface area (Å²) in [4.78, 5) is 14.2. The van der Waals surface area contributed by atoms with Crippen LogP contribution in [0.3, 0.4) is 0 Å². The van der Waals surface area contributed by atoms with Crippen molar-refractivity contribution in [2.45, 2.75) is 4.90 Å². The van der Waals surface area contributed by atoms with E-state index in [-0.39, 0.29) is 5.91 Å². The molecule has 0 N–H and O–H groups in total. The molecule has 0 radical (unpaired) electrons. The molecule has 0 aliphatic carbocycles. The van der Waals surface area contributed by atoms with Crippen LogP contribution in [-0.4, -0.2) is 18.7 Å². The molecule has 0 bridgehead atoms. The number of para-hydroxylation sites is 1. The molecule has 1 amide bonds. The summed E-state index contributed by atoms with van der Waals surface area (Å²) >= 11 is 1.61. The van der Waals surface area contributed by atoms with Gasteiger partial charge in [-0.15, -0.1) is 11.8 Å². The summed E-state index contributed by atoms with van der Waals surface area (Å²) < 4.78 is 0. The summed E-state index contributed by atoms with van der Waals surface area (Å²) in [5, 5.41) is 0. The molecule has 2 rings (SSSR count). The molecule has 3 heteroatoms. The van der Waals surface area contributed by atoms with Crippen LogP contribution in [0.1, 0.15) is 0 Å². The average Bonchev–Trinajstić information content (AvgIpc) is 2.12. The summed E-state index contributed by atoms with van der Waals surface area (Å²) in [6.07, 6.45) is 0. The smallest absolute Gasteiger partial charge is 0.237 e. The Kier molecular flexibility index (Phi) is 1.81. The minimum absolute atomic E-state index is 0.179. The molecule has 1 aromatic carbocycles. The topological polar surface area (TPSA) is 20.3 Å². The molecular weight excluding hydrogens is 170 g/mol. The maximum atomic E-state index is 11.3. The van der Waals surface area contributed by atoms with Gasteiger partial charge in [-0.1, -0.05) is 12.1 Å². The standard InChI is InChI=1S/C9H9NOS/c1-10-7-4-2-3-5-8(7)12-6-9(10)11/h2-5H,6H2,1H3. The molecule has 0 spiro atoms. The van der Waals surface area contributed by atoms with Gasteiger partial charge in [-0.05, 0) is 12.1 Å². The van der Waals surface area contributed by atoms with Crippen molar-refractivity contribution in [1.29, 1.82) is 0 Å². The van der Waals surface area contributed by atoms with Gasteiger partial charge in [0.15, 0.2) is 0 Å². The van der Waals surface area contributed by atoms with E-state index in [0.29, 0.717) is 5.75 Å². The lowest BCUT2D eigenvalue weighted by atomic mass is 10.3. The van der Waals surface area contributed by atoms with E-state index < -0.39 is 0 Å². The number of amides is 1. The molecule has 1 aliphatic heterocycles. The van der Waals surface area contributed by atoms with Crippen molar-refractivity contribution in [3.8, 4) is 0 Å². The van der Waals surface area contributed by atoms with Gasteiger partial charge in [0.25, 0.3) is 0 Å². The van der Waals surface area contributed by atoms with Crippen LogP contribution < -0.4 is 4.90 Å². The molecule has 0 aromatic heterocycles. The second-order valence-electron chi connectivity index (χ2n) is 2.71. The summed E-state index contributed by atoms with van der Waals surface area (Å²) in [6, 6.07) is 7.96. The number of hydrogen-bond donors (Lipinski definition) is 0. The average molecular weight is 179 g/mol. The minimum atomic E-state index is 0.179. The molecule has 0 saturated carbocycles. The van der Waals surface area contributed by atoms with Crippen molar-refractivity contribution in [3.63, 3.8) is 0 Å². The van der Waals surface area contributed by atoms with Gasteiger partial charge < -0.3 is 4.90 Å². The number of rotatable bonds is 0. The third kappa shape index (κ3) is 1.10. The highest BCUT2D eigenvalue weighted by atomic mass is 32.2. The number of benzene rings is 1. The van der Waals surface area contributed by atoms with Crippen LogP contribution in [0.15, 0.2) is 29.2 Å². The van der Waals surface area contributed by atoms with Crippen molar-refractivity contribution in [3.05, 3.63) is 24.3 Å². The van der Waals surface area contributed by atoms with E-state index in [9.17, 15) is 4.79 Å². The first-order valence-electron chi connectivity index (χ1n) is 3.77. The van der Waals surface area contributed by atoms with E-state index in [1.807, 2.05) is 31.3 Å². The first kappa shape index (κ1) is 7.68. The number of anilines is 1. The SMILES string of the molecule is CN1C(=O)CSc2ccccc21. The number of nitrogens with zero attached hydrogens (tertiary/aromatic N) is 1. The third-order valence-electron chi connectivity index (χ3n) is 1.95. The Balaban J connectivity index is 2.48. The van der Waals surface area contributed by atoms with Crippen LogP contribution in [0.5, 0.6) is 0 Å². The van der Waals surface area contributed by atoms with Gasteiger partial charge in [0.1, 0.15) is 0 Å². The molecule has 1 heterocycles. The van der Waals surface area contributed by atoms with E-state index in [2.05, 4.69) is 0 Å². The highest BCUT2D eigenvalue weighted by Crippen LogP contribution is 2.33. The Labute approximate surface area is 75.6 Å². The molecule has 0 saturated heterocycles. The van der Waals surface area contributed by atoms with E-state index in [1.165, 1.54) is 4.90 Å². The fraction of sp³-hybridized carbons (Fsp3) is 0.222. The van der Waals surface area contributed by atoms with Crippen molar-refractivity contribution in [1.82, 2.24) is 0 Å². The first-order valence-corrected chi connectivity index (χ1v) is 4.76. The van der Waals surface area contributed by atoms with Gasteiger partial charge in [0.2, 0.25) is 5.91 Å². The lowest BCUT2D eigenvalue weighted by Gasteiger charge is -2.24. The summed E-state index contributed by atoms with van der Waals surface area (Å²) in [6.45, 7) is 0. The van der Waals surface area contributed by atoms with Crippen molar-refractivity contribution in [2.75, 3.05) is 17.7 Å². The minimum Gasteiger partial charge on any atom is -0.314 e. The Morgan fingerprint density at radius 1 is 1.42 bits per heavy atom. The first-order chi connectivity index (χ1) is 5.79. The van der Waals surface area contributed by atoms with Crippen LogP contribution in [-0.2, 0) is 4.79 Å². The second kappa shape index (κ2) is 2.83. The van der Waals surface area contributed by atoms with Crippen LogP contribution in [0.2, 0.25) is 0 Å². The van der Waals surface area contributed by atoms with Crippen molar-refractivity contribution in [2.24, 2.45) is 0 Å². The number of carbonyl (C=O) groups excluding carboxylic acids is 1. The van der Waals surface area contributed by atoms with Crippen LogP contribution >= 0.6 is 11.8 Å². The van der Waals surface area contributed by atoms with Gasteiger partial charge >= 0.3 is 0 Å². The van der Waals surface area contributed by atoms with Crippen molar-refractivity contribution >= 4 is 23.4 Å². The predicted octanol–water partition coefficient (Wildman–Crippen LogP) is 1.76. The Morgan fingerprint density at radius 3 is 3.00 bits per heavy atom. The normalized spacial score (nSPS) is 16.1. The van der Waals surface area contributed by atoms with E-state index in [1.54, 1.807) is 16.7 Å². The quantitative estimate of drug-likeness (QED) is 0.604. The van der Waals surface area contributed by atoms with E-state index in [4.69, 9.17) is 0 Å². The molecule has 2 nitrogen and oxygen atoms in total. The molecule has 62 valence electrons. The monoisotopic (exact) mass is 179 g/mol. The predicted molar refractivity (Wildman–Crippen MR) is 50.6 cm³/mol. The number of fused-ring (bicyclic) bond motifs is 1. The van der Waals surface area contributed by atoms with Crippen LogP contribution in [0, 0.1) is 0 Å².